The van der Waals surface area contributed by atoms with Crippen LogP contribution >= 0.6 is 11.3 Å². The molecule has 0 N–H and O–H groups in total. The van der Waals surface area contributed by atoms with Crippen molar-refractivity contribution in [2.45, 2.75) is 25.7 Å². The molecule has 22 heavy (non-hydrogen) atoms. The molecule has 3 rings (SSSR count). The fraction of sp³-hybridized carbons (Fsp3) is 0.438. The maximum absolute atomic E-state index is 12.1. The molecule has 0 radical (unpaired) electrons. The van der Waals surface area contributed by atoms with E-state index in [0.29, 0.717) is 18.1 Å². The molecule has 6 heteroatoms. The van der Waals surface area contributed by atoms with E-state index in [2.05, 4.69) is 14.9 Å². The summed E-state index contributed by atoms with van der Waals surface area (Å²) in [6.45, 7) is 3.93. The summed E-state index contributed by atoms with van der Waals surface area (Å²) in [6.07, 6.45) is 5.78. The van der Waals surface area contributed by atoms with Crippen LogP contribution < -0.4 is 4.90 Å². The molecule has 0 aromatic carbocycles. The first-order chi connectivity index (χ1) is 10.8. The number of thiazole rings is 1. The zero-order chi connectivity index (χ0) is 15.4. The number of piperidine rings is 1. The predicted octanol–water partition coefficient (Wildman–Crippen LogP) is 3.10. The summed E-state index contributed by atoms with van der Waals surface area (Å²) < 4.78 is 5.14. The average Bonchev–Trinajstić information content (AvgIpc) is 3.10. The fourth-order valence-corrected chi connectivity index (χ4v) is 3.59. The van der Waals surface area contributed by atoms with Gasteiger partial charge in [-0.05, 0) is 31.9 Å². The van der Waals surface area contributed by atoms with Gasteiger partial charge in [0, 0.05) is 36.8 Å². The van der Waals surface area contributed by atoms with Gasteiger partial charge in [0.15, 0.2) is 0 Å². The maximum atomic E-state index is 12.1. The van der Waals surface area contributed by atoms with Crippen molar-refractivity contribution in [2.75, 3.05) is 24.6 Å². The highest BCUT2D eigenvalue weighted by Crippen LogP contribution is 2.31. The van der Waals surface area contributed by atoms with Crippen molar-refractivity contribution in [3.8, 4) is 0 Å². The molecule has 1 atom stereocenters. The van der Waals surface area contributed by atoms with E-state index in [4.69, 9.17) is 4.74 Å². The lowest BCUT2D eigenvalue weighted by Gasteiger charge is -2.33. The van der Waals surface area contributed by atoms with Gasteiger partial charge in [0.05, 0.1) is 11.6 Å². The molecule has 5 nitrogen and oxygen atoms in total. The Morgan fingerprint density at radius 2 is 2.36 bits per heavy atom. The Morgan fingerprint density at radius 3 is 3.14 bits per heavy atom. The first-order valence-corrected chi connectivity index (χ1v) is 8.44. The zero-order valence-corrected chi connectivity index (χ0v) is 13.4. The van der Waals surface area contributed by atoms with Gasteiger partial charge in [-0.1, -0.05) is 0 Å². The molecular formula is C16H19N3O2S. The fourth-order valence-electron chi connectivity index (χ4n) is 2.82. The standard InChI is InChI=1S/C16H19N3O2S/c1-2-21-16(20)13-6-3-7-17-14(13)19-9-4-5-12(11-19)15-18-8-10-22-15/h3,6-8,10,12H,2,4-5,9,11H2,1H3. The van der Waals surface area contributed by atoms with Crippen LogP contribution in [0.1, 0.15) is 41.0 Å². The van der Waals surface area contributed by atoms with E-state index in [1.807, 2.05) is 18.5 Å². The Bertz CT molecular complexity index is 630. The third kappa shape index (κ3) is 3.11. The number of nitrogens with zero attached hydrogens (tertiary/aromatic N) is 3. The van der Waals surface area contributed by atoms with Crippen molar-refractivity contribution in [2.24, 2.45) is 0 Å². The Labute approximate surface area is 134 Å². The summed E-state index contributed by atoms with van der Waals surface area (Å²) in [6, 6.07) is 3.56. The molecule has 1 aliphatic heterocycles. The summed E-state index contributed by atoms with van der Waals surface area (Å²) in [5, 5.41) is 3.18. The van der Waals surface area contributed by atoms with Gasteiger partial charge in [-0.3, -0.25) is 0 Å². The second-order valence-electron chi connectivity index (χ2n) is 5.25. The minimum atomic E-state index is -0.304. The van der Waals surface area contributed by atoms with Gasteiger partial charge in [-0.15, -0.1) is 11.3 Å². The van der Waals surface area contributed by atoms with E-state index < -0.39 is 0 Å². The topological polar surface area (TPSA) is 55.3 Å². The molecule has 0 amide bonds. The molecule has 0 bridgehead atoms. The van der Waals surface area contributed by atoms with Crippen LogP contribution in [0.3, 0.4) is 0 Å². The number of aromatic nitrogens is 2. The highest BCUT2D eigenvalue weighted by Gasteiger charge is 2.26. The third-order valence-electron chi connectivity index (χ3n) is 3.80. The number of rotatable bonds is 4. The zero-order valence-electron chi connectivity index (χ0n) is 12.6. The average molecular weight is 317 g/mol. The maximum Gasteiger partial charge on any atom is 0.341 e. The molecule has 0 saturated carbocycles. The van der Waals surface area contributed by atoms with E-state index in [9.17, 15) is 4.79 Å². The Kier molecular flexibility index (Phi) is 4.68. The van der Waals surface area contributed by atoms with Crippen LogP contribution in [0, 0.1) is 0 Å². The van der Waals surface area contributed by atoms with Crippen molar-refractivity contribution in [1.82, 2.24) is 9.97 Å². The molecule has 0 spiro atoms. The number of pyridine rings is 1. The van der Waals surface area contributed by atoms with Crippen LogP contribution in [0.5, 0.6) is 0 Å². The van der Waals surface area contributed by atoms with E-state index >= 15 is 0 Å². The highest BCUT2D eigenvalue weighted by atomic mass is 32.1. The van der Waals surface area contributed by atoms with E-state index in [1.54, 1.807) is 29.7 Å². The first kappa shape index (κ1) is 15.0. The van der Waals surface area contributed by atoms with Gasteiger partial charge in [-0.25, -0.2) is 14.8 Å². The number of hydrogen-bond acceptors (Lipinski definition) is 6. The van der Waals surface area contributed by atoms with E-state index in [1.165, 1.54) is 5.01 Å². The first-order valence-electron chi connectivity index (χ1n) is 7.56. The van der Waals surface area contributed by atoms with Crippen molar-refractivity contribution in [3.05, 3.63) is 40.5 Å². The second kappa shape index (κ2) is 6.87. The van der Waals surface area contributed by atoms with Gasteiger partial charge >= 0.3 is 5.97 Å². The predicted molar refractivity (Wildman–Crippen MR) is 86.5 cm³/mol. The van der Waals surface area contributed by atoms with Gasteiger partial charge in [-0.2, -0.15) is 0 Å². The smallest absolute Gasteiger partial charge is 0.341 e. The largest absolute Gasteiger partial charge is 0.462 e. The second-order valence-corrected chi connectivity index (χ2v) is 6.18. The number of carbonyl (C=O) groups excluding carboxylic acids is 1. The van der Waals surface area contributed by atoms with Crippen LogP contribution in [0.4, 0.5) is 5.82 Å². The number of ether oxygens (including phenoxy) is 1. The quantitative estimate of drug-likeness (QED) is 0.811. The molecule has 1 unspecified atom stereocenters. The Morgan fingerprint density at radius 1 is 1.45 bits per heavy atom. The molecule has 0 aliphatic carbocycles. The lowest BCUT2D eigenvalue weighted by atomic mass is 9.98. The minimum absolute atomic E-state index is 0.304. The lowest BCUT2D eigenvalue weighted by Crippen LogP contribution is -2.36. The third-order valence-corrected chi connectivity index (χ3v) is 4.74. The van der Waals surface area contributed by atoms with Gasteiger partial charge in [0.25, 0.3) is 0 Å². The Hall–Kier alpha value is -1.95. The van der Waals surface area contributed by atoms with E-state index in [0.717, 1.165) is 31.7 Å². The summed E-state index contributed by atoms with van der Waals surface area (Å²) >= 11 is 1.70. The summed E-state index contributed by atoms with van der Waals surface area (Å²) in [5.74, 6) is 0.829. The number of carbonyl (C=O) groups is 1. The molecule has 2 aromatic rings. The number of hydrogen-bond donors (Lipinski definition) is 0. The lowest BCUT2D eigenvalue weighted by molar-refractivity contribution is 0.0526. The van der Waals surface area contributed by atoms with Crippen LogP contribution in [-0.4, -0.2) is 35.6 Å². The number of esters is 1. The van der Waals surface area contributed by atoms with E-state index in [-0.39, 0.29) is 5.97 Å². The van der Waals surface area contributed by atoms with Crippen LogP contribution in [0.15, 0.2) is 29.9 Å². The summed E-state index contributed by atoms with van der Waals surface area (Å²) in [7, 11) is 0. The van der Waals surface area contributed by atoms with Gasteiger partial charge < -0.3 is 9.64 Å². The SMILES string of the molecule is CCOC(=O)c1cccnc1N1CCCC(c2nccs2)C1. The van der Waals surface area contributed by atoms with Crippen LogP contribution in [0.25, 0.3) is 0 Å². The Balaban J connectivity index is 1.83. The molecule has 2 aromatic heterocycles. The minimum Gasteiger partial charge on any atom is -0.462 e. The van der Waals surface area contributed by atoms with Crippen molar-refractivity contribution >= 4 is 23.1 Å². The molecule has 1 saturated heterocycles. The van der Waals surface area contributed by atoms with Crippen molar-refractivity contribution in [3.63, 3.8) is 0 Å². The summed E-state index contributed by atoms with van der Waals surface area (Å²) in [4.78, 5) is 23.2. The monoisotopic (exact) mass is 317 g/mol. The summed E-state index contributed by atoms with van der Waals surface area (Å²) in [5.41, 5.74) is 0.545. The molecule has 116 valence electrons. The molecule has 1 aliphatic rings. The highest BCUT2D eigenvalue weighted by molar-refractivity contribution is 7.09. The van der Waals surface area contributed by atoms with Gasteiger partial charge in [0.1, 0.15) is 11.4 Å². The van der Waals surface area contributed by atoms with Crippen LogP contribution in [-0.2, 0) is 4.74 Å². The molecule has 1 fully saturated rings. The molecule has 3 heterocycles. The van der Waals surface area contributed by atoms with Crippen LogP contribution in [0.2, 0.25) is 0 Å². The molecular weight excluding hydrogens is 298 g/mol. The van der Waals surface area contributed by atoms with Crippen molar-refractivity contribution < 1.29 is 9.53 Å². The van der Waals surface area contributed by atoms with Gasteiger partial charge in [0.2, 0.25) is 0 Å². The normalized spacial score (nSPS) is 18.2. The van der Waals surface area contributed by atoms with Crippen molar-refractivity contribution in [1.29, 1.82) is 0 Å². The number of anilines is 1.